The molecule has 0 aromatic heterocycles. The smallest absolute Gasteiger partial charge is 0.376 e. The van der Waals surface area contributed by atoms with Crippen molar-refractivity contribution in [1.82, 2.24) is 0 Å². The summed E-state index contributed by atoms with van der Waals surface area (Å²) < 4.78 is 68.4. The summed E-state index contributed by atoms with van der Waals surface area (Å²) in [5.41, 5.74) is 9.21. The van der Waals surface area contributed by atoms with E-state index >= 15 is 0 Å². The maximum atomic E-state index is 5.90. The molecular weight excluding hydrogens is 1630 g/mol. The van der Waals surface area contributed by atoms with Crippen molar-refractivity contribution >= 4 is 196 Å². The molecule has 0 aliphatic carbocycles. The molecule has 0 fully saturated rings. The zero-order chi connectivity index (χ0) is 75.3. The van der Waals surface area contributed by atoms with Crippen LogP contribution in [0.3, 0.4) is 0 Å². The van der Waals surface area contributed by atoms with Crippen LogP contribution in [0.1, 0.15) is 211 Å². The molecule has 582 valence electrons. The van der Waals surface area contributed by atoms with E-state index in [2.05, 4.69) is 164 Å². The van der Waals surface area contributed by atoms with E-state index in [1.54, 1.807) is 79.9 Å². The van der Waals surface area contributed by atoms with Crippen molar-refractivity contribution in [2.45, 2.75) is 229 Å². The van der Waals surface area contributed by atoms with Crippen molar-refractivity contribution in [3.8, 4) is 0 Å². The normalized spacial score (nSPS) is 10.7. The first-order valence-electron chi connectivity index (χ1n) is 32.9. The van der Waals surface area contributed by atoms with Gasteiger partial charge in [0.05, 0.1) is 0 Å². The molecule has 0 bridgehead atoms. The molecule has 0 saturated carbocycles. The Morgan fingerprint density at radius 1 is 0.388 bits per heavy atom. The Labute approximate surface area is 663 Å². The highest BCUT2D eigenvalue weighted by Crippen LogP contribution is 2.27. The molecule has 0 radical (unpaired) electrons. The molecule has 0 spiro atoms. The Morgan fingerprint density at radius 3 is 1.00 bits per heavy atom. The summed E-state index contributed by atoms with van der Waals surface area (Å²) in [6, 6.07) is 2.42. The van der Waals surface area contributed by atoms with Crippen molar-refractivity contribution in [2.24, 2.45) is 5.92 Å². The Balaban J connectivity index is -0.000000165. The third-order valence-corrected chi connectivity index (χ3v) is 46.8. The van der Waals surface area contributed by atoms with Crippen LogP contribution < -0.4 is 0 Å². The molecule has 12 nitrogen and oxygen atoms in total. The van der Waals surface area contributed by atoms with Crippen LogP contribution in [0.15, 0.2) is 108 Å². The second-order valence-electron chi connectivity index (χ2n) is 20.4. The maximum Gasteiger partial charge on any atom is 0.504 e. The highest BCUT2D eigenvalue weighted by molar-refractivity contribution is 8.72. The zero-order valence-corrected chi connectivity index (χ0v) is 80.9. The third kappa shape index (κ3) is 86.7. The second-order valence-corrected chi connectivity index (χ2v) is 53.0. The van der Waals surface area contributed by atoms with Crippen LogP contribution in [0, 0.1) is 5.92 Å². The quantitative estimate of drug-likeness (QED) is 0.0327. The summed E-state index contributed by atoms with van der Waals surface area (Å²) in [6.07, 6.45) is 24.5. The first-order valence-corrected chi connectivity index (χ1v) is 60.1. The van der Waals surface area contributed by atoms with Gasteiger partial charge in [0.15, 0.2) is 0 Å². The Morgan fingerprint density at radius 2 is 0.694 bits per heavy atom. The van der Waals surface area contributed by atoms with Crippen molar-refractivity contribution in [3.05, 3.63) is 108 Å². The molecule has 0 rings (SSSR count). The van der Waals surface area contributed by atoms with Gasteiger partial charge < -0.3 is 53.1 Å². The molecule has 1 atom stereocenters. The predicted octanol–water partition coefficient (Wildman–Crippen LogP) is 18.9. The molecule has 0 aromatic carbocycles. The number of hydrogen-bond donors (Lipinski definition) is 0. The van der Waals surface area contributed by atoms with E-state index in [1.165, 1.54) is 69.0 Å². The highest BCUT2D eigenvalue weighted by atomic mass is 33.4. The topological polar surface area (TPSA) is 111 Å². The Hall–Kier alpha value is 1.79. The molecule has 98 heavy (non-hydrogen) atoms. The minimum absolute atomic E-state index is 0. The van der Waals surface area contributed by atoms with Crippen LogP contribution >= 0.6 is 0 Å². The van der Waals surface area contributed by atoms with Gasteiger partial charge in [-0.2, -0.15) is 0 Å². The Bertz CT molecular complexity index is 2630. The summed E-state index contributed by atoms with van der Waals surface area (Å²) in [4.78, 5) is 0. The number of rotatable bonds is 45. The van der Waals surface area contributed by atoms with Gasteiger partial charge in [0.25, 0.3) is 0 Å². The van der Waals surface area contributed by atoms with Crippen molar-refractivity contribution in [3.63, 3.8) is 0 Å². The summed E-state index contributed by atoms with van der Waals surface area (Å²) >= 11 is 18.5. The Kier molecular flexibility index (Phi) is 105. The van der Waals surface area contributed by atoms with Crippen LogP contribution in [-0.4, -0.2) is 115 Å². The van der Waals surface area contributed by atoms with E-state index in [0.29, 0.717) is 85.2 Å². The molecule has 0 aliphatic rings. The van der Waals surface area contributed by atoms with Crippen molar-refractivity contribution in [2.75, 3.05) is 79.3 Å². The lowest BCUT2D eigenvalue weighted by atomic mass is 10.0. The maximum absolute atomic E-state index is 5.90. The fourth-order valence-corrected chi connectivity index (χ4v) is 41.4. The second kappa shape index (κ2) is 89.4. The number of hydrogen-bond acceptors (Lipinski definition) is 16. The van der Waals surface area contributed by atoms with E-state index in [0.717, 1.165) is 81.5 Å². The third-order valence-electron chi connectivity index (χ3n) is 11.4. The largest absolute Gasteiger partial charge is 0.504 e. The van der Waals surface area contributed by atoms with Gasteiger partial charge in [0, 0.05) is 258 Å². The van der Waals surface area contributed by atoms with Crippen molar-refractivity contribution < 1.29 is 53.1 Å². The van der Waals surface area contributed by atoms with E-state index in [9.17, 15) is 0 Å². The fraction of sp³-hybridized carbons (Fsp3) is 0.723. The van der Waals surface area contributed by atoms with E-state index < -0.39 is 35.9 Å². The van der Waals surface area contributed by atoms with E-state index in [4.69, 9.17) is 53.1 Å². The summed E-state index contributed by atoms with van der Waals surface area (Å²) in [5.74, 6) is 0.377. The first kappa shape index (κ1) is 116. The van der Waals surface area contributed by atoms with Gasteiger partial charge in [-0.05, 0) is 209 Å². The lowest BCUT2D eigenvalue weighted by Crippen LogP contribution is -2.47. The van der Waals surface area contributed by atoms with Gasteiger partial charge in [-0.1, -0.05) is 109 Å². The minimum atomic E-state index is -2.55. The summed E-state index contributed by atoms with van der Waals surface area (Å²) in [6.45, 7) is 66.2. The predicted molar refractivity (Wildman–Crippen MR) is 485 cm³/mol. The molecule has 0 N–H and O–H groups in total. The van der Waals surface area contributed by atoms with Crippen LogP contribution in [0.4, 0.5) is 0 Å². The molecule has 0 aromatic rings. The van der Waals surface area contributed by atoms with Gasteiger partial charge in [-0.15, -0.1) is 6.58 Å². The molecule has 33 heteroatoms. The lowest BCUT2D eigenvalue weighted by Gasteiger charge is -2.30. The van der Waals surface area contributed by atoms with Crippen molar-refractivity contribution in [1.29, 1.82) is 0 Å². The van der Waals surface area contributed by atoms with Gasteiger partial charge in [-0.25, -0.2) is 0 Å². The van der Waals surface area contributed by atoms with Crippen LogP contribution in [0.25, 0.3) is 0 Å². The van der Waals surface area contributed by atoms with Crippen LogP contribution in [0.5, 0.6) is 0 Å². The van der Waals surface area contributed by atoms with Gasteiger partial charge in [0.1, 0.15) is 0 Å². The van der Waals surface area contributed by atoms with Gasteiger partial charge in [-0.3, -0.25) is 0 Å². The molecular formula is C65H132O12S17Si4. The molecule has 0 saturated heterocycles. The molecule has 1 unspecified atom stereocenters. The highest BCUT2D eigenvalue weighted by Gasteiger charge is 2.42. The lowest BCUT2D eigenvalue weighted by molar-refractivity contribution is 0.0680. The first-order chi connectivity index (χ1) is 46.4. The fourth-order valence-electron chi connectivity index (χ4n) is 7.45. The van der Waals surface area contributed by atoms with Crippen LogP contribution in [0.2, 0.25) is 18.1 Å². The zero-order valence-electron chi connectivity index (χ0n) is 62.8. The minimum Gasteiger partial charge on any atom is -0.376 e. The molecule has 0 aliphatic heterocycles. The summed E-state index contributed by atoms with van der Waals surface area (Å²) in [5, 5.41) is 0. The molecule has 0 amide bonds. The SMILES string of the molecule is C.C=C(CCC=C(C)C)CC[Si](OCC)(OCC)OCC.C=CC(=C)CCC=C(C)C.C=CC(CCC=C(C)C)C[Si](OCC)(OCC)OCC.CCO[SiH](OCC)OCC.CCO[Si](C/C=C(\C)CCC=C(C)C)(OCC)OCC.S=S=S=S=S=S=S=S.S=S=S=S=S=S=S=S=S. The molecule has 0 heterocycles. The van der Waals surface area contributed by atoms with Gasteiger partial charge >= 0.3 is 35.9 Å². The average molecular weight is 1760 g/mol. The van der Waals surface area contributed by atoms with E-state index in [1.807, 2.05) is 95.2 Å². The van der Waals surface area contributed by atoms with Gasteiger partial charge in [0.2, 0.25) is 0 Å². The van der Waals surface area contributed by atoms with E-state index in [-0.39, 0.29) is 7.43 Å². The van der Waals surface area contributed by atoms with Crippen LogP contribution in [-0.2, 0) is 213 Å². The standard InChI is InChI=1S/3C16H32O3Si.C10H16.C6H16O3Si.CH4.S9.S8/c2*1-7-17-20(18-8-2,19-9-3)14-13-16(6)12-10-11-15(4)5;1-7-16(13-11-12-15(5)6)14-20(17-8-2,18-9-3)19-10-4;1-5-10(4)8-6-7-9(2)3;1-4-7-10(8-5-2)9-6-3;;1-3-5-7-9-8-6-4-2;1-3-5-7-8-6-4-2/h11,13H,7-10,12,14H2,1-6H3;11H,6-10,12-14H2,1-5H3;7,12,16H,1,8-11,13-14H2,2-6H3;5,7H,1,4,6,8H2,2-3H3;10H,4-6H2,1-3H3;1H4;;/b16-13+;;;;;;;. The number of allylic oxidation sites excluding steroid dienone is 14. The average Bonchev–Trinajstić information content (AvgIpc) is 0.889. The monoisotopic (exact) mass is 1760 g/mol. The summed E-state index contributed by atoms with van der Waals surface area (Å²) in [7, 11) is 10.7.